The molecule has 0 fully saturated rings. The zero-order valence-electron chi connectivity index (χ0n) is 12.9. The van der Waals surface area contributed by atoms with Crippen molar-refractivity contribution in [1.29, 1.82) is 0 Å². The summed E-state index contributed by atoms with van der Waals surface area (Å²) >= 11 is 12.5. The molecule has 0 radical (unpaired) electrons. The van der Waals surface area contributed by atoms with Crippen LogP contribution in [0.3, 0.4) is 0 Å². The third-order valence-electron chi connectivity index (χ3n) is 4.53. The van der Waals surface area contributed by atoms with E-state index in [1.54, 1.807) is 6.07 Å². The van der Waals surface area contributed by atoms with Crippen molar-refractivity contribution >= 4 is 40.4 Å². The molecule has 2 N–H and O–H groups in total. The number of para-hydroxylation sites is 2. The maximum Gasteiger partial charge on any atom is 0.163 e. The second-order valence-corrected chi connectivity index (χ2v) is 6.93. The van der Waals surface area contributed by atoms with Crippen molar-refractivity contribution in [3.63, 3.8) is 0 Å². The van der Waals surface area contributed by atoms with Crippen LogP contribution in [-0.2, 0) is 4.79 Å². The van der Waals surface area contributed by atoms with E-state index >= 15 is 0 Å². The first kappa shape index (κ1) is 15.6. The Balaban J connectivity index is 1.90. The molecule has 0 unspecified atom stereocenters. The van der Waals surface area contributed by atoms with Gasteiger partial charge in [0.25, 0.3) is 0 Å². The minimum Gasteiger partial charge on any atom is -0.372 e. The first-order valence-corrected chi connectivity index (χ1v) is 8.73. The fourth-order valence-corrected chi connectivity index (χ4v) is 3.92. The lowest BCUT2D eigenvalue weighted by Crippen LogP contribution is -2.23. The molecule has 1 aliphatic heterocycles. The van der Waals surface area contributed by atoms with Gasteiger partial charge in [-0.1, -0.05) is 41.4 Å². The average molecular weight is 359 g/mol. The zero-order valence-corrected chi connectivity index (χ0v) is 14.4. The molecule has 0 bridgehead atoms. The lowest BCUT2D eigenvalue weighted by Gasteiger charge is -2.26. The maximum absolute atomic E-state index is 12.7. The van der Waals surface area contributed by atoms with Crippen LogP contribution < -0.4 is 10.6 Å². The first-order valence-electron chi connectivity index (χ1n) is 7.97. The van der Waals surface area contributed by atoms with E-state index < -0.39 is 0 Å². The molecular formula is C19H16Cl2N2O. The number of hydrogen-bond donors (Lipinski definition) is 2. The highest BCUT2D eigenvalue weighted by molar-refractivity contribution is 6.35. The summed E-state index contributed by atoms with van der Waals surface area (Å²) in [5.41, 5.74) is 4.56. The Morgan fingerprint density at radius 3 is 2.58 bits per heavy atom. The lowest BCUT2D eigenvalue weighted by molar-refractivity contribution is -0.116. The van der Waals surface area contributed by atoms with E-state index in [4.69, 9.17) is 23.2 Å². The molecule has 0 aromatic heterocycles. The summed E-state index contributed by atoms with van der Waals surface area (Å²) in [6.07, 6.45) is 2.30. The minimum absolute atomic E-state index is 0.167. The van der Waals surface area contributed by atoms with E-state index in [2.05, 4.69) is 10.6 Å². The molecule has 4 rings (SSSR count). The largest absolute Gasteiger partial charge is 0.372 e. The Kier molecular flexibility index (Phi) is 3.99. The third kappa shape index (κ3) is 2.68. The van der Waals surface area contributed by atoms with Crippen LogP contribution in [0.4, 0.5) is 11.4 Å². The van der Waals surface area contributed by atoms with Crippen molar-refractivity contribution in [2.45, 2.75) is 25.3 Å². The number of anilines is 2. The summed E-state index contributed by atoms with van der Waals surface area (Å²) in [7, 11) is 0. The monoisotopic (exact) mass is 358 g/mol. The van der Waals surface area contributed by atoms with Crippen LogP contribution in [0, 0.1) is 0 Å². The van der Waals surface area contributed by atoms with E-state index in [9.17, 15) is 4.79 Å². The van der Waals surface area contributed by atoms with Gasteiger partial charge in [0, 0.05) is 27.7 Å². The van der Waals surface area contributed by atoms with Gasteiger partial charge in [0.05, 0.1) is 17.4 Å². The highest BCUT2D eigenvalue weighted by Gasteiger charge is 2.32. The van der Waals surface area contributed by atoms with Crippen LogP contribution in [0.2, 0.25) is 10.0 Å². The molecule has 2 aliphatic rings. The predicted octanol–water partition coefficient (Wildman–Crippen LogP) is 5.58. The van der Waals surface area contributed by atoms with Crippen LogP contribution in [-0.4, -0.2) is 5.78 Å². The number of carbonyl (C=O) groups excluding carboxylic acids is 1. The summed E-state index contributed by atoms with van der Waals surface area (Å²) < 4.78 is 0. The number of benzene rings is 2. The molecule has 1 aliphatic carbocycles. The van der Waals surface area contributed by atoms with Gasteiger partial charge in [-0.3, -0.25) is 4.79 Å². The highest BCUT2D eigenvalue weighted by Crippen LogP contribution is 2.42. The van der Waals surface area contributed by atoms with E-state index in [0.717, 1.165) is 41.1 Å². The van der Waals surface area contributed by atoms with Gasteiger partial charge in [0.15, 0.2) is 5.78 Å². The number of halogens is 2. The lowest BCUT2D eigenvalue weighted by atomic mass is 9.86. The number of hydrogen-bond acceptors (Lipinski definition) is 3. The van der Waals surface area contributed by atoms with Gasteiger partial charge in [0.1, 0.15) is 0 Å². The molecular weight excluding hydrogens is 343 g/mol. The number of rotatable bonds is 1. The average Bonchev–Trinajstić information content (AvgIpc) is 2.72. The smallest absolute Gasteiger partial charge is 0.163 e. The fourth-order valence-electron chi connectivity index (χ4n) is 3.41. The van der Waals surface area contributed by atoms with Crippen molar-refractivity contribution in [3.8, 4) is 0 Å². The van der Waals surface area contributed by atoms with Gasteiger partial charge in [-0.15, -0.1) is 0 Å². The molecule has 0 saturated carbocycles. The van der Waals surface area contributed by atoms with Gasteiger partial charge < -0.3 is 10.6 Å². The number of fused-ring (bicyclic) bond motifs is 1. The summed E-state index contributed by atoms with van der Waals surface area (Å²) in [5.74, 6) is 0.167. The quantitative estimate of drug-likeness (QED) is 0.698. The van der Waals surface area contributed by atoms with E-state index in [-0.39, 0.29) is 11.8 Å². The number of carbonyl (C=O) groups is 1. The van der Waals surface area contributed by atoms with Crippen molar-refractivity contribution in [3.05, 3.63) is 69.3 Å². The van der Waals surface area contributed by atoms with Gasteiger partial charge in [0.2, 0.25) is 0 Å². The second-order valence-electron chi connectivity index (χ2n) is 6.08. The number of nitrogens with one attached hydrogen (secondary N) is 2. The molecule has 1 atom stereocenters. The summed E-state index contributed by atoms with van der Waals surface area (Å²) in [6, 6.07) is 13.1. The predicted molar refractivity (Wildman–Crippen MR) is 98.8 cm³/mol. The van der Waals surface area contributed by atoms with Crippen LogP contribution in [0.5, 0.6) is 0 Å². The molecule has 122 valence electrons. The molecule has 2 aromatic rings. The topological polar surface area (TPSA) is 41.1 Å². The Bertz CT molecular complexity index is 860. The normalized spacial score (nSPS) is 19.8. The van der Waals surface area contributed by atoms with Crippen LogP contribution >= 0.6 is 23.2 Å². The van der Waals surface area contributed by atoms with Gasteiger partial charge >= 0.3 is 0 Å². The summed E-state index contributed by atoms with van der Waals surface area (Å²) in [6.45, 7) is 0. The molecule has 5 heteroatoms. The van der Waals surface area contributed by atoms with Crippen molar-refractivity contribution in [2.24, 2.45) is 0 Å². The van der Waals surface area contributed by atoms with Crippen LogP contribution in [0.25, 0.3) is 0 Å². The van der Waals surface area contributed by atoms with Gasteiger partial charge in [-0.2, -0.15) is 0 Å². The van der Waals surface area contributed by atoms with E-state index in [0.29, 0.717) is 16.5 Å². The Morgan fingerprint density at radius 1 is 1.00 bits per heavy atom. The number of allylic oxidation sites excluding steroid dienone is 1. The molecule has 1 heterocycles. The Labute approximate surface area is 150 Å². The molecule has 24 heavy (non-hydrogen) atoms. The summed E-state index contributed by atoms with van der Waals surface area (Å²) in [5, 5.41) is 8.09. The van der Waals surface area contributed by atoms with Crippen molar-refractivity contribution < 1.29 is 4.79 Å². The zero-order chi connectivity index (χ0) is 16.7. The Morgan fingerprint density at radius 2 is 1.79 bits per heavy atom. The fraction of sp³-hybridized carbons (Fsp3) is 0.211. The standard InChI is InChI=1S/C19H16Cl2N2O/c20-11-8-9-12(13(21)10-11)19-18-16(6-3-7-17(18)24)22-14-4-1-2-5-15(14)23-19/h1-2,4-5,8-10,19,22-23H,3,6-7H2/t19-/m1/s1. The summed E-state index contributed by atoms with van der Waals surface area (Å²) in [4.78, 5) is 12.7. The third-order valence-corrected chi connectivity index (χ3v) is 5.09. The molecule has 0 saturated heterocycles. The number of ketones is 1. The SMILES string of the molecule is O=C1CCCC2=C1[C@@H](c1ccc(Cl)cc1Cl)Nc1ccccc1N2. The molecule has 2 aromatic carbocycles. The van der Waals surface area contributed by atoms with Crippen LogP contribution in [0.15, 0.2) is 53.7 Å². The molecule has 3 nitrogen and oxygen atoms in total. The molecule has 0 spiro atoms. The van der Waals surface area contributed by atoms with E-state index in [1.165, 1.54) is 0 Å². The minimum atomic E-state index is -0.284. The van der Waals surface area contributed by atoms with Crippen LogP contribution in [0.1, 0.15) is 30.9 Å². The second kappa shape index (κ2) is 6.15. The van der Waals surface area contributed by atoms with Gasteiger partial charge in [-0.25, -0.2) is 0 Å². The van der Waals surface area contributed by atoms with E-state index in [1.807, 2.05) is 36.4 Å². The first-order chi connectivity index (χ1) is 11.6. The number of Topliss-reactive ketones (excluding diaryl/α,β-unsaturated/α-hetero) is 1. The Hall–Kier alpha value is -1.97. The van der Waals surface area contributed by atoms with Gasteiger partial charge in [-0.05, 0) is 42.7 Å². The molecule has 0 amide bonds. The maximum atomic E-state index is 12.7. The van der Waals surface area contributed by atoms with Crippen molar-refractivity contribution in [2.75, 3.05) is 10.6 Å². The van der Waals surface area contributed by atoms with Crippen molar-refractivity contribution in [1.82, 2.24) is 0 Å². The highest BCUT2D eigenvalue weighted by atomic mass is 35.5.